The van der Waals surface area contributed by atoms with E-state index < -0.39 is 23.8 Å². The number of carbonyl (C=O) groups excluding carboxylic acids is 2. The van der Waals surface area contributed by atoms with Gasteiger partial charge in [0.1, 0.15) is 10.0 Å². The van der Waals surface area contributed by atoms with Crippen molar-refractivity contribution in [2.45, 2.75) is 11.2 Å². The third-order valence-electron chi connectivity index (χ3n) is 3.35. The largest absolute Gasteiger partial charge is 0.451 e. The summed E-state index contributed by atoms with van der Waals surface area (Å²) in [5.41, 5.74) is 5.51. The molecule has 11 heteroatoms. The molecule has 0 fully saturated rings. The molecule has 27 heavy (non-hydrogen) atoms. The van der Waals surface area contributed by atoms with Crippen LogP contribution in [-0.4, -0.2) is 27.5 Å². The summed E-state index contributed by atoms with van der Waals surface area (Å²) in [6, 6.07) is 7.72. The fraction of sp³-hybridized carbons (Fsp3) is 0.125. The summed E-state index contributed by atoms with van der Waals surface area (Å²) < 4.78 is 39.0. The molecule has 2 aromatic heterocycles. The van der Waals surface area contributed by atoms with E-state index in [1.165, 1.54) is 12.1 Å². The van der Waals surface area contributed by atoms with E-state index in [0.29, 0.717) is 5.39 Å². The Labute approximate surface area is 159 Å². The van der Waals surface area contributed by atoms with E-state index in [-0.39, 0.29) is 26.9 Å². The maximum absolute atomic E-state index is 13.0. The zero-order chi connectivity index (χ0) is 19.6. The lowest BCUT2D eigenvalue weighted by atomic mass is 10.2. The van der Waals surface area contributed by atoms with Crippen LogP contribution in [0.15, 0.2) is 40.7 Å². The van der Waals surface area contributed by atoms with E-state index in [1.807, 2.05) is 0 Å². The average Bonchev–Trinajstić information content (AvgIpc) is 3.07. The molecule has 0 bridgehead atoms. The number of benzene rings is 1. The van der Waals surface area contributed by atoms with E-state index in [9.17, 15) is 22.8 Å². The number of amides is 2. The smallest absolute Gasteiger partial charge is 0.366 e. The number of alkyl halides is 3. The van der Waals surface area contributed by atoms with Gasteiger partial charge in [-0.25, -0.2) is 9.97 Å². The predicted octanol–water partition coefficient (Wildman–Crippen LogP) is 3.54. The summed E-state index contributed by atoms with van der Waals surface area (Å²) in [7, 11) is 0. The van der Waals surface area contributed by atoms with E-state index in [1.54, 1.807) is 23.6 Å². The first-order chi connectivity index (χ1) is 12.8. The first-order valence-corrected chi connectivity index (χ1v) is 9.26. The normalized spacial score (nSPS) is 11.5. The lowest BCUT2D eigenvalue weighted by molar-refractivity contribution is -0.145. The Balaban J connectivity index is 1.81. The van der Waals surface area contributed by atoms with Crippen LogP contribution in [0.5, 0.6) is 0 Å². The summed E-state index contributed by atoms with van der Waals surface area (Å²) in [6.45, 7) is 0. The summed E-state index contributed by atoms with van der Waals surface area (Å²) in [4.78, 5) is 30.5. The third kappa shape index (κ3) is 4.37. The first kappa shape index (κ1) is 19.1. The Morgan fingerprint density at radius 1 is 1.19 bits per heavy atom. The fourth-order valence-corrected chi connectivity index (χ4v) is 3.81. The number of nitrogens with two attached hydrogens (primary N) is 1. The van der Waals surface area contributed by atoms with Gasteiger partial charge in [0.15, 0.2) is 0 Å². The van der Waals surface area contributed by atoms with Gasteiger partial charge in [0.2, 0.25) is 11.7 Å². The van der Waals surface area contributed by atoms with Crippen LogP contribution < -0.4 is 11.1 Å². The highest BCUT2D eigenvalue weighted by atomic mass is 32.2. The lowest BCUT2D eigenvalue weighted by Crippen LogP contribution is -2.18. The Morgan fingerprint density at radius 2 is 1.93 bits per heavy atom. The molecule has 0 saturated heterocycles. The monoisotopic (exact) mass is 412 g/mol. The number of thiophene rings is 1. The Hall–Kier alpha value is -2.66. The molecule has 6 nitrogen and oxygen atoms in total. The molecular weight excluding hydrogens is 401 g/mol. The van der Waals surface area contributed by atoms with Crippen molar-refractivity contribution in [3.8, 4) is 0 Å². The minimum atomic E-state index is -4.70. The summed E-state index contributed by atoms with van der Waals surface area (Å²) in [5.74, 6) is -2.65. The van der Waals surface area contributed by atoms with Gasteiger partial charge < -0.3 is 11.1 Å². The average molecular weight is 412 g/mol. The lowest BCUT2D eigenvalue weighted by Gasteiger charge is -2.10. The van der Waals surface area contributed by atoms with E-state index in [2.05, 4.69) is 15.3 Å². The number of nitrogens with zero attached hydrogens (tertiary/aromatic N) is 2. The van der Waals surface area contributed by atoms with Gasteiger partial charge >= 0.3 is 6.18 Å². The van der Waals surface area contributed by atoms with Crippen molar-refractivity contribution >= 4 is 50.8 Å². The number of aromatic nitrogens is 2. The summed E-state index contributed by atoms with van der Waals surface area (Å²) in [6.07, 6.45) is -4.70. The SMILES string of the molecule is NC(=O)c1ccsc1NC(=O)CSc1nc(C(F)(F)F)nc2ccccc12. The zero-order valence-electron chi connectivity index (χ0n) is 13.4. The molecule has 0 atom stereocenters. The molecule has 0 spiro atoms. The molecule has 0 aliphatic heterocycles. The van der Waals surface area contributed by atoms with Gasteiger partial charge in [-0.05, 0) is 17.5 Å². The van der Waals surface area contributed by atoms with Crippen molar-refractivity contribution in [3.05, 3.63) is 47.1 Å². The van der Waals surface area contributed by atoms with E-state index in [4.69, 9.17) is 5.73 Å². The summed E-state index contributed by atoms with van der Waals surface area (Å²) in [5, 5.41) is 4.87. The molecule has 2 amide bonds. The number of rotatable bonds is 5. The number of fused-ring (bicyclic) bond motifs is 1. The van der Waals surface area contributed by atoms with E-state index >= 15 is 0 Å². The number of halogens is 3. The highest BCUT2D eigenvalue weighted by Crippen LogP contribution is 2.32. The van der Waals surface area contributed by atoms with Gasteiger partial charge in [0.25, 0.3) is 5.91 Å². The van der Waals surface area contributed by atoms with Crippen LogP contribution in [0.1, 0.15) is 16.2 Å². The Bertz CT molecular complexity index is 1020. The van der Waals surface area contributed by atoms with Crippen LogP contribution >= 0.6 is 23.1 Å². The van der Waals surface area contributed by atoms with Gasteiger partial charge in [-0.15, -0.1) is 11.3 Å². The molecule has 3 aromatic rings. The molecule has 140 valence electrons. The van der Waals surface area contributed by atoms with Crippen molar-refractivity contribution in [1.82, 2.24) is 9.97 Å². The minimum Gasteiger partial charge on any atom is -0.366 e. The Kier molecular flexibility index (Phi) is 5.33. The van der Waals surface area contributed by atoms with E-state index in [0.717, 1.165) is 23.1 Å². The highest BCUT2D eigenvalue weighted by molar-refractivity contribution is 8.00. The van der Waals surface area contributed by atoms with Crippen molar-refractivity contribution in [1.29, 1.82) is 0 Å². The fourth-order valence-electron chi connectivity index (χ4n) is 2.18. The maximum Gasteiger partial charge on any atom is 0.451 e. The number of nitrogens with one attached hydrogen (secondary N) is 1. The highest BCUT2D eigenvalue weighted by Gasteiger charge is 2.35. The number of thioether (sulfide) groups is 1. The molecule has 3 rings (SSSR count). The number of hydrogen-bond acceptors (Lipinski definition) is 6. The van der Waals surface area contributed by atoms with Gasteiger partial charge in [-0.1, -0.05) is 30.0 Å². The summed E-state index contributed by atoms with van der Waals surface area (Å²) >= 11 is 1.97. The second kappa shape index (κ2) is 7.53. The molecule has 3 N–H and O–H groups in total. The standard InChI is InChI=1S/C16H11F3N4O2S2/c17-16(18,19)15-21-10-4-2-1-3-8(10)13(23-15)27-7-11(24)22-14-9(12(20)25)5-6-26-14/h1-6H,7H2,(H2,20,25)(H,22,24). The van der Waals surface area contributed by atoms with Crippen LogP contribution in [0.3, 0.4) is 0 Å². The topological polar surface area (TPSA) is 98.0 Å². The zero-order valence-corrected chi connectivity index (χ0v) is 15.0. The number of para-hydroxylation sites is 1. The Morgan fingerprint density at radius 3 is 2.63 bits per heavy atom. The van der Waals surface area contributed by atoms with Crippen molar-refractivity contribution in [2.24, 2.45) is 5.73 Å². The molecule has 0 saturated carbocycles. The van der Waals surface area contributed by atoms with Gasteiger partial charge in [-0.2, -0.15) is 13.2 Å². The number of hydrogen-bond donors (Lipinski definition) is 2. The van der Waals surface area contributed by atoms with Gasteiger partial charge in [0, 0.05) is 5.39 Å². The van der Waals surface area contributed by atoms with Crippen molar-refractivity contribution < 1.29 is 22.8 Å². The molecule has 0 aliphatic rings. The van der Waals surface area contributed by atoms with Crippen LogP contribution in [0.2, 0.25) is 0 Å². The molecule has 2 heterocycles. The number of primary amides is 1. The van der Waals surface area contributed by atoms with Gasteiger partial charge in [-0.3, -0.25) is 9.59 Å². The molecule has 0 unspecified atom stereocenters. The van der Waals surface area contributed by atoms with Crippen LogP contribution in [0.25, 0.3) is 10.9 Å². The maximum atomic E-state index is 13.0. The number of anilines is 1. The quantitative estimate of drug-likeness (QED) is 0.493. The second-order valence-corrected chi connectivity index (χ2v) is 7.11. The molecule has 0 aliphatic carbocycles. The van der Waals surface area contributed by atoms with Crippen molar-refractivity contribution in [3.63, 3.8) is 0 Å². The minimum absolute atomic E-state index is 0.0457. The van der Waals surface area contributed by atoms with Crippen LogP contribution in [0, 0.1) is 0 Å². The van der Waals surface area contributed by atoms with Gasteiger partial charge in [0.05, 0.1) is 16.8 Å². The van der Waals surface area contributed by atoms with Crippen LogP contribution in [-0.2, 0) is 11.0 Å². The molecule has 0 radical (unpaired) electrons. The third-order valence-corrected chi connectivity index (χ3v) is 5.17. The van der Waals surface area contributed by atoms with Crippen molar-refractivity contribution in [2.75, 3.05) is 11.1 Å². The van der Waals surface area contributed by atoms with Crippen LogP contribution in [0.4, 0.5) is 18.2 Å². The predicted molar refractivity (Wildman–Crippen MR) is 96.7 cm³/mol. The first-order valence-electron chi connectivity index (χ1n) is 7.39. The molecular formula is C16H11F3N4O2S2. The number of carbonyl (C=O) groups is 2. The second-order valence-electron chi connectivity index (χ2n) is 5.23. The molecule has 1 aromatic carbocycles.